The van der Waals surface area contributed by atoms with E-state index in [0.29, 0.717) is 25.6 Å². The van der Waals surface area contributed by atoms with Crippen molar-refractivity contribution in [3.63, 3.8) is 0 Å². The summed E-state index contributed by atoms with van der Waals surface area (Å²) in [7, 11) is 3.61. The summed E-state index contributed by atoms with van der Waals surface area (Å²) in [5, 5.41) is 8.36. The predicted molar refractivity (Wildman–Crippen MR) is 136 cm³/mol. The highest BCUT2D eigenvalue weighted by Crippen LogP contribution is 2.35. The topological polar surface area (TPSA) is 81.0 Å². The van der Waals surface area contributed by atoms with E-state index in [0.717, 1.165) is 47.6 Å². The molecule has 1 amide bonds. The van der Waals surface area contributed by atoms with Crippen molar-refractivity contribution < 1.29 is 14.3 Å². The van der Waals surface area contributed by atoms with Crippen LogP contribution in [0, 0.1) is 5.92 Å². The Morgan fingerprint density at radius 2 is 2.03 bits per heavy atom. The van der Waals surface area contributed by atoms with Crippen LogP contribution in [-0.2, 0) is 22.6 Å². The van der Waals surface area contributed by atoms with Crippen LogP contribution >= 0.6 is 0 Å². The summed E-state index contributed by atoms with van der Waals surface area (Å²) in [4.78, 5) is 18.4. The monoisotopic (exact) mass is 469 g/mol. The zero-order chi connectivity index (χ0) is 24.9. The molecular formula is C26H39N5O3. The fraction of sp³-hybridized carbons (Fsp3) is 0.577. The van der Waals surface area contributed by atoms with Crippen LogP contribution in [0.2, 0.25) is 0 Å². The molecule has 2 atom stereocenters. The summed E-state index contributed by atoms with van der Waals surface area (Å²) >= 11 is 0. The number of hydrogen-bond acceptors (Lipinski definition) is 6. The number of benzene rings is 1. The molecule has 1 aliphatic heterocycles. The summed E-state index contributed by atoms with van der Waals surface area (Å²) in [6.45, 7) is 14.1. The highest BCUT2D eigenvalue weighted by Gasteiger charge is 2.31. The zero-order valence-corrected chi connectivity index (χ0v) is 21.4. The Labute approximate surface area is 203 Å². The van der Waals surface area contributed by atoms with E-state index >= 15 is 0 Å². The average Bonchev–Trinajstić information content (AvgIpc) is 3.38. The minimum atomic E-state index is -0.479. The molecule has 0 aliphatic carbocycles. The average molecular weight is 470 g/mol. The maximum Gasteiger partial charge on any atom is 0.410 e. The van der Waals surface area contributed by atoms with Crippen LogP contribution in [-0.4, -0.2) is 60.3 Å². The van der Waals surface area contributed by atoms with Gasteiger partial charge in [-0.25, -0.2) is 9.48 Å². The molecule has 1 aromatic carbocycles. The standard InChI is InChI=1S/C26H39N5O3/c1-18(14-20-12-13-30(16-20)25(32)34-26(2,3)4)31-24(28-6)22(15-27-5)23(29-31)21-10-8-19(9-11-21)17-33-7/h8-11,18,20,28H,5,12-17H2,1-4,6-7H3. The third kappa shape index (κ3) is 6.17. The van der Waals surface area contributed by atoms with Crippen molar-refractivity contribution in [3.8, 4) is 11.3 Å². The molecule has 1 aromatic heterocycles. The Kier molecular flexibility index (Phi) is 8.36. The lowest BCUT2D eigenvalue weighted by atomic mass is 10.00. The third-order valence-corrected chi connectivity index (χ3v) is 6.08. The van der Waals surface area contributed by atoms with Crippen molar-refractivity contribution >= 4 is 18.6 Å². The first kappa shape index (κ1) is 25.7. The molecule has 2 heterocycles. The first-order chi connectivity index (χ1) is 16.2. The Morgan fingerprint density at radius 1 is 1.32 bits per heavy atom. The second kappa shape index (κ2) is 11.0. The van der Waals surface area contributed by atoms with Gasteiger partial charge < -0.3 is 19.7 Å². The predicted octanol–water partition coefficient (Wildman–Crippen LogP) is 5.15. The molecule has 34 heavy (non-hydrogen) atoms. The number of hydrogen-bond donors (Lipinski definition) is 1. The molecule has 0 saturated carbocycles. The largest absolute Gasteiger partial charge is 0.444 e. The van der Waals surface area contributed by atoms with E-state index < -0.39 is 5.60 Å². The minimum Gasteiger partial charge on any atom is -0.444 e. The summed E-state index contributed by atoms with van der Waals surface area (Å²) in [6.07, 6.45) is 1.66. The fourth-order valence-electron chi connectivity index (χ4n) is 4.57. The van der Waals surface area contributed by atoms with Crippen molar-refractivity contribution in [3.05, 3.63) is 35.4 Å². The van der Waals surface area contributed by atoms with Crippen LogP contribution in [0.4, 0.5) is 10.6 Å². The maximum absolute atomic E-state index is 12.5. The molecule has 8 heteroatoms. The molecule has 1 aliphatic rings. The number of rotatable bonds is 9. The quantitative estimate of drug-likeness (QED) is 0.514. The molecule has 1 N–H and O–H groups in total. The normalized spacial score (nSPS) is 17.0. The van der Waals surface area contributed by atoms with Gasteiger partial charge in [-0.05, 0) is 58.7 Å². The van der Waals surface area contributed by atoms with E-state index in [2.05, 4.69) is 52.9 Å². The van der Waals surface area contributed by atoms with Gasteiger partial charge in [-0.2, -0.15) is 5.10 Å². The molecule has 2 aromatic rings. The Bertz CT molecular complexity index is 978. The van der Waals surface area contributed by atoms with E-state index in [4.69, 9.17) is 14.6 Å². The lowest BCUT2D eigenvalue weighted by Crippen LogP contribution is -2.35. The van der Waals surface area contributed by atoms with Gasteiger partial charge in [0.05, 0.1) is 24.9 Å². The second-order valence-electron chi connectivity index (χ2n) is 10.0. The molecule has 1 saturated heterocycles. The van der Waals surface area contributed by atoms with Crippen molar-refractivity contribution in [2.45, 2.75) is 65.3 Å². The molecule has 0 radical (unpaired) electrons. The van der Waals surface area contributed by atoms with Crippen molar-refractivity contribution in [2.24, 2.45) is 10.9 Å². The first-order valence-electron chi connectivity index (χ1n) is 11.9. The molecule has 0 bridgehead atoms. The van der Waals surface area contributed by atoms with Gasteiger partial charge in [0.25, 0.3) is 0 Å². The molecule has 8 nitrogen and oxygen atoms in total. The van der Waals surface area contributed by atoms with Crippen LogP contribution in [0.15, 0.2) is 29.3 Å². The number of carbonyl (C=O) groups is 1. The van der Waals surface area contributed by atoms with Gasteiger partial charge in [-0.15, -0.1) is 0 Å². The summed E-state index contributed by atoms with van der Waals surface area (Å²) < 4.78 is 12.8. The Balaban J connectivity index is 1.79. The van der Waals surface area contributed by atoms with Crippen LogP contribution in [0.1, 0.15) is 57.7 Å². The molecule has 3 rings (SSSR count). The van der Waals surface area contributed by atoms with Gasteiger partial charge in [-0.3, -0.25) is 4.99 Å². The zero-order valence-electron chi connectivity index (χ0n) is 21.4. The van der Waals surface area contributed by atoms with E-state index in [-0.39, 0.29) is 12.1 Å². The van der Waals surface area contributed by atoms with Gasteiger partial charge in [0.1, 0.15) is 11.4 Å². The number of methoxy groups -OCH3 is 1. The number of ether oxygens (including phenoxy) is 2. The minimum absolute atomic E-state index is 0.149. The Morgan fingerprint density at radius 3 is 2.62 bits per heavy atom. The van der Waals surface area contributed by atoms with Crippen LogP contribution < -0.4 is 5.32 Å². The molecule has 1 fully saturated rings. The lowest BCUT2D eigenvalue weighted by molar-refractivity contribution is 0.0286. The fourth-order valence-corrected chi connectivity index (χ4v) is 4.57. The summed E-state index contributed by atoms with van der Waals surface area (Å²) in [6, 6.07) is 8.43. The molecule has 0 spiro atoms. The number of aromatic nitrogens is 2. The number of anilines is 1. The Hall–Kier alpha value is -2.87. The smallest absolute Gasteiger partial charge is 0.410 e. The summed E-state index contributed by atoms with van der Waals surface area (Å²) in [5.41, 5.74) is 3.62. The number of nitrogens with zero attached hydrogens (tertiary/aromatic N) is 4. The van der Waals surface area contributed by atoms with Crippen molar-refractivity contribution in [1.29, 1.82) is 0 Å². The molecule has 186 valence electrons. The third-order valence-electron chi connectivity index (χ3n) is 6.08. The highest BCUT2D eigenvalue weighted by molar-refractivity contribution is 5.70. The number of nitrogens with one attached hydrogen (secondary N) is 1. The SMILES string of the molecule is C=NCc1c(-c2ccc(COC)cc2)nn(C(C)CC2CCN(C(=O)OC(C)(C)C)C2)c1NC. The first-order valence-corrected chi connectivity index (χ1v) is 11.9. The van der Waals surface area contributed by atoms with E-state index in [1.807, 2.05) is 32.7 Å². The molecule has 2 unspecified atom stereocenters. The number of carbonyl (C=O) groups excluding carboxylic acids is 1. The molecular weight excluding hydrogens is 430 g/mol. The van der Waals surface area contributed by atoms with Crippen molar-refractivity contribution in [2.75, 3.05) is 32.6 Å². The van der Waals surface area contributed by atoms with Gasteiger partial charge in [-0.1, -0.05) is 24.3 Å². The lowest BCUT2D eigenvalue weighted by Gasteiger charge is -2.25. The van der Waals surface area contributed by atoms with Gasteiger partial charge in [0.2, 0.25) is 0 Å². The van der Waals surface area contributed by atoms with Crippen LogP contribution in [0.3, 0.4) is 0 Å². The number of aliphatic imine (C=N–C) groups is 1. The van der Waals surface area contributed by atoms with Gasteiger partial charge in [0, 0.05) is 38.4 Å². The number of likely N-dealkylation sites (tertiary alicyclic amines) is 1. The highest BCUT2D eigenvalue weighted by atomic mass is 16.6. The van der Waals surface area contributed by atoms with Crippen LogP contribution in [0.25, 0.3) is 11.3 Å². The van der Waals surface area contributed by atoms with E-state index in [1.54, 1.807) is 7.11 Å². The second-order valence-corrected chi connectivity index (χ2v) is 10.0. The summed E-state index contributed by atoms with van der Waals surface area (Å²) in [5.74, 6) is 1.35. The van der Waals surface area contributed by atoms with E-state index in [1.165, 1.54) is 0 Å². The van der Waals surface area contributed by atoms with Crippen LogP contribution in [0.5, 0.6) is 0 Å². The van der Waals surface area contributed by atoms with Gasteiger partial charge >= 0.3 is 6.09 Å². The van der Waals surface area contributed by atoms with Gasteiger partial charge in [0.15, 0.2) is 0 Å². The van der Waals surface area contributed by atoms with Crippen molar-refractivity contribution in [1.82, 2.24) is 14.7 Å². The van der Waals surface area contributed by atoms with E-state index in [9.17, 15) is 4.79 Å². The number of amides is 1. The maximum atomic E-state index is 12.5.